The number of aliphatic hydroxyl groups is 1. The fourth-order valence-electron chi connectivity index (χ4n) is 5.80. The lowest BCUT2D eigenvalue weighted by atomic mass is 9.99. The Bertz CT molecular complexity index is 1750. The number of hydrogen-bond acceptors (Lipinski definition) is 11. The van der Waals surface area contributed by atoms with Crippen LogP contribution in [0.2, 0.25) is 0 Å². The number of aliphatic imine (C=N–C) groups is 1. The Labute approximate surface area is 342 Å². The standard InChI is InChI=1S/C39H58N10O10/c1-21(2)18-29(48-35(55)30(20-23-8-5-4-6-9-23)47-33(53)26(40)19-24-11-13-25(51)14-12-24)36(56)49-32(22(3)50)37(57)45-27(10-7-17-44-39(42)43)34(54)46-28(38(58)59)15-16-31(41)52/h4-6,8-9,11-14,21-22,26-30,32,50-51H,7,10,15-20,40H2,1-3H3,(H2,41,52)(H,45,57)(H,46,54)(H,47,53)(H,48,55)(H,49,56)(H,58,59)(H4,42,43,44)/t22-,26+,27+,28+,29+,30+,32+/m1/s1. The average molecular weight is 827 g/mol. The van der Waals surface area contributed by atoms with E-state index in [0.29, 0.717) is 11.1 Å². The molecule has 0 fully saturated rings. The number of phenols is 1. The molecule has 59 heavy (non-hydrogen) atoms. The zero-order chi connectivity index (χ0) is 44.2. The minimum absolute atomic E-state index is 0.0248. The highest BCUT2D eigenvalue weighted by Gasteiger charge is 2.35. The Balaban J connectivity index is 2.31. The maximum absolute atomic E-state index is 13.9. The van der Waals surface area contributed by atoms with E-state index in [1.165, 1.54) is 19.1 Å². The molecule has 0 aliphatic heterocycles. The van der Waals surface area contributed by atoms with Crippen molar-refractivity contribution in [3.05, 3.63) is 65.7 Å². The van der Waals surface area contributed by atoms with Crippen molar-refractivity contribution in [3.8, 4) is 5.75 Å². The van der Waals surface area contributed by atoms with Gasteiger partial charge in [0.25, 0.3) is 0 Å². The third kappa shape index (κ3) is 18.2. The van der Waals surface area contributed by atoms with Gasteiger partial charge >= 0.3 is 5.97 Å². The lowest BCUT2D eigenvalue weighted by Crippen LogP contribution is -2.61. The van der Waals surface area contributed by atoms with E-state index in [0.717, 1.165) is 0 Å². The quantitative estimate of drug-likeness (QED) is 0.0287. The number of benzene rings is 2. The Kier molecular flexibility index (Phi) is 20.3. The van der Waals surface area contributed by atoms with Crippen LogP contribution < -0.4 is 49.5 Å². The van der Waals surface area contributed by atoms with E-state index in [2.05, 4.69) is 31.6 Å². The first-order chi connectivity index (χ1) is 27.8. The second-order valence-electron chi connectivity index (χ2n) is 14.6. The number of nitrogens with two attached hydrogens (primary N) is 4. The van der Waals surface area contributed by atoms with Crippen LogP contribution in [0, 0.1) is 5.92 Å². The smallest absolute Gasteiger partial charge is 0.326 e. The van der Waals surface area contributed by atoms with Gasteiger partial charge in [0.1, 0.15) is 36.0 Å². The highest BCUT2D eigenvalue weighted by atomic mass is 16.4. The van der Waals surface area contributed by atoms with Crippen LogP contribution in [-0.4, -0.2) is 112 Å². The summed E-state index contributed by atoms with van der Waals surface area (Å²) in [6.07, 6.45) is -2.02. The number of nitrogens with one attached hydrogen (secondary N) is 5. The molecule has 0 radical (unpaired) electrons. The summed E-state index contributed by atoms with van der Waals surface area (Å²) in [4.78, 5) is 95.0. The summed E-state index contributed by atoms with van der Waals surface area (Å²) in [6.45, 7) is 4.83. The molecule has 2 rings (SSSR count). The van der Waals surface area contributed by atoms with Crippen LogP contribution in [0.15, 0.2) is 59.6 Å². The topological polar surface area (TPSA) is 357 Å². The zero-order valence-corrected chi connectivity index (χ0v) is 33.4. The number of aromatic hydroxyl groups is 1. The largest absolute Gasteiger partial charge is 0.508 e. The number of primary amides is 1. The van der Waals surface area contributed by atoms with Gasteiger partial charge < -0.3 is 64.8 Å². The molecule has 16 N–H and O–H groups in total. The normalized spacial score (nSPS) is 14.5. The van der Waals surface area contributed by atoms with Crippen molar-refractivity contribution in [3.63, 3.8) is 0 Å². The van der Waals surface area contributed by atoms with Crippen LogP contribution in [0.5, 0.6) is 5.75 Å². The number of aliphatic hydroxyl groups excluding tert-OH is 1. The van der Waals surface area contributed by atoms with Gasteiger partial charge in [-0.05, 0) is 68.2 Å². The fourth-order valence-corrected chi connectivity index (χ4v) is 5.80. The molecule has 324 valence electrons. The number of guanidine groups is 1. The number of carboxylic acid groups (broad SMARTS) is 1. The Morgan fingerprint density at radius 1 is 0.661 bits per heavy atom. The van der Waals surface area contributed by atoms with Gasteiger partial charge in [0, 0.05) is 19.4 Å². The maximum Gasteiger partial charge on any atom is 0.326 e. The minimum atomic E-state index is -1.68. The van der Waals surface area contributed by atoms with Crippen LogP contribution in [-0.2, 0) is 46.4 Å². The van der Waals surface area contributed by atoms with E-state index < -0.39 is 83.8 Å². The molecule has 0 aliphatic rings. The Morgan fingerprint density at radius 3 is 1.76 bits per heavy atom. The first kappa shape index (κ1) is 48.9. The van der Waals surface area contributed by atoms with Gasteiger partial charge in [0.05, 0.1) is 12.1 Å². The molecule has 0 bridgehead atoms. The lowest BCUT2D eigenvalue weighted by Gasteiger charge is -2.28. The summed E-state index contributed by atoms with van der Waals surface area (Å²) in [5.41, 5.74) is 23.4. The molecule has 0 heterocycles. The van der Waals surface area contributed by atoms with Crippen molar-refractivity contribution in [1.29, 1.82) is 0 Å². The summed E-state index contributed by atoms with van der Waals surface area (Å²) in [7, 11) is 0. The molecular formula is C39H58N10O10. The summed E-state index contributed by atoms with van der Waals surface area (Å²) in [5.74, 6) is -6.84. The number of carbonyl (C=O) groups is 7. The highest BCUT2D eigenvalue weighted by molar-refractivity contribution is 5.96. The Morgan fingerprint density at radius 2 is 1.20 bits per heavy atom. The summed E-state index contributed by atoms with van der Waals surface area (Å²) >= 11 is 0. The van der Waals surface area contributed by atoms with E-state index in [-0.39, 0.29) is 69.1 Å². The molecule has 0 aliphatic carbocycles. The van der Waals surface area contributed by atoms with Gasteiger partial charge in [0.15, 0.2) is 5.96 Å². The van der Waals surface area contributed by atoms with Crippen molar-refractivity contribution in [2.24, 2.45) is 33.8 Å². The molecule has 2 aromatic rings. The van der Waals surface area contributed by atoms with E-state index in [1.807, 2.05) is 0 Å². The third-order valence-electron chi connectivity index (χ3n) is 8.92. The number of aliphatic carboxylic acids is 1. The fraction of sp³-hybridized carbons (Fsp3) is 0.487. The number of hydrogen-bond donors (Lipinski definition) is 12. The SMILES string of the molecule is CC(C)C[C@H](NC(=O)[C@H](Cc1ccccc1)NC(=O)[C@@H](N)Cc1ccc(O)cc1)C(=O)N[C@H](C(=O)N[C@@H](CCCN=C(N)N)C(=O)N[C@@H](CCC(N)=O)C(=O)O)[C@@H](C)O. The van der Waals surface area contributed by atoms with Gasteiger partial charge in [-0.2, -0.15) is 0 Å². The highest BCUT2D eigenvalue weighted by Crippen LogP contribution is 2.13. The van der Waals surface area contributed by atoms with Gasteiger partial charge in [-0.25, -0.2) is 4.79 Å². The predicted molar refractivity (Wildman–Crippen MR) is 217 cm³/mol. The van der Waals surface area contributed by atoms with E-state index in [1.54, 1.807) is 56.3 Å². The predicted octanol–water partition coefficient (Wildman–Crippen LogP) is -2.24. The van der Waals surface area contributed by atoms with Crippen LogP contribution in [0.4, 0.5) is 0 Å². The van der Waals surface area contributed by atoms with E-state index in [9.17, 15) is 48.9 Å². The summed E-state index contributed by atoms with van der Waals surface area (Å²) < 4.78 is 0. The summed E-state index contributed by atoms with van der Waals surface area (Å²) in [6, 6.07) is 6.74. The first-order valence-corrected chi connectivity index (χ1v) is 19.1. The van der Waals surface area contributed by atoms with Crippen LogP contribution >= 0.6 is 0 Å². The number of carbonyl (C=O) groups excluding carboxylic acids is 6. The van der Waals surface area contributed by atoms with Gasteiger partial charge in [-0.15, -0.1) is 0 Å². The van der Waals surface area contributed by atoms with E-state index in [4.69, 9.17) is 22.9 Å². The number of phenolic OH excluding ortho intramolecular Hbond substituents is 1. The summed E-state index contributed by atoms with van der Waals surface area (Å²) in [5, 5.41) is 42.4. The molecule has 0 spiro atoms. The van der Waals surface area contributed by atoms with Crippen molar-refractivity contribution in [1.82, 2.24) is 26.6 Å². The number of rotatable bonds is 25. The first-order valence-electron chi connectivity index (χ1n) is 19.1. The Hall–Kier alpha value is -6.28. The molecule has 6 amide bonds. The minimum Gasteiger partial charge on any atom is -0.508 e. The molecule has 0 saturated carbocycles. The molecule has 0 aromatic heterocycles. The molecule has 0 unspecified atom stereocenters. The van der Waals surface area contributed by atoms with Crippen LogP contribution in [0.3, 0.4) is 0 Å². The maximum atomic E-state index is 13.9. The van der Waals surface area contributed by atoms with Gasteiger partial charge in [-0.1, -0.05) is 56.3 Å². The number of carboxylic acids is 1. The number of nitrogens with zero attached hydrogens (tertiary/aromatic N) is 1. The second-order valence-corrected chi connectivity index (χ2v) is 14.6. The van der Waals surface area contributed by atoms with Crippen LogP contribution in [0.1, 0.15) is 64.0 Å². The van der Waals surface area contributed by atoms with Crippen molar-refractivity contribution < 1.29 is 48.9 Å². The van der Waals surface area contributed by atoms with Gasteiger partial charge in [0.2, 0.25) is 35.4 Å². The third-order valence-corrected chi connectivity index (χ3v) is 8.92. The van der Waals surface area contributed by atoms with E-state index >= 15 is 0 Å². The monoisotopic (exact) mass is 826 g/mol. The molecule has 20 heteroatoms. The number of amides is 6. The molecule has 20 nitrogen and oxygen atoms in total. The van der Waals surface area contributed by atoms with Crippen LogP contribution in [0.25, 0.3) is 0 Å². The van der Waals surface area contributed by atoms with Crippen molar-refractivity contribution in [2.75, 3.05) is 6.54 Å². The second kappa shape index (κ2) is 24.5. The molecule has 2 aromatic carbocycles. The zero-order valence-electron chi connectivity index (χ0n) is 33.4. The molecule has 7 atom stereocenters. The molecule has 0 saturated heterocycles. The lowest BCUT2D eigenvalue weighted by molar-refractivity contribution is -0.142. The van der Waals surface area contributed by atoms with Crippen molar-refractivity contribution in [2.45, 2.75) is 108 Å². The van der Waals surface area contributed by atoms with Crippen molar-refractivity contribution >= 4 is 47.4 Å². The molecular weight excluding hydrogens is 768 g/mol. The average Bonchev–Trinajstić information content (AvgIpc) is 3.16. The van der Waals surface area contributed by atoms with Gasteiger partial charge in [-0.3, -0.25) is 33.8 Å².